The molecule has 1 aliphatic heterocycles. The zero-order chi connectivity index (χ0) is 47.8. The molecule has 0 spiro atoms. The number of allylic oxidation sites excluding steroid dienone is 14. The summed E-state index contributed by atoms with van der Waals surface area (Å²) in [6, 6.07) is 58.9. The lowest BCUT2D eigenvalue weighted by atomic mass is 9.92. The zero-order valence-corrected chi connectivity index (χ0v) is 40.6. The second-order valence-electron chi connectivity index (χ2n) is 17.4. The van der Waals surface area contributed by atoms with Crippen molar-refractivity contribution >= 4 is 22.7 Å². The number of rotatable bonds is 18. The number of hydrogen-bond donors (Lipinski definition) is 0. The Kier molecular flexibility index (Phi) is 16.3. The fourth-order valence-corrected chi connectivity index (χ4v) is 9.37. The Morgan fingerprint density at radius 1 is 0.696 bits per heavy atom. The van der Waals surface area contributed by atoms with Gasteiger partial charge in [-0.05, 0) is 133 Å². The van der Waals surface area contributed by atoms with Crippen LogP contribution in [0.5, 0.6) is 0 Å². The van der Waals surface area contributed by atoms with Gasteiger partial charge in [0.2, 0.25) is 0 Å². The van der Waals surface area contributed by atoms with Gasteiger partial charge in [0.15, 0.2) is 0 Å². The second-order valence-corrected chi connectivity index (χ2v) is 17.4. The van der Waals surface area contributed by atoms with Crippen LogP contribution < -0.4 is 9.80 Å². The molecule has 3 heteroatoms. The number of benzene rings is 6. The lowest BCUT2D eigenvalue weighted by Crippen LogP contribution is -2.20. The van der Waals surface area contributed by atoms with Crippen LogP contribution in [0.15, 0.2) is 276 Å². The highest BCUT2D eigenvalue weighted by atomic mass is 15.2. The second kappa shape index (κ2) is 23.7. The van der Waals surface area contributed by atoms with Crippen molar-refractivity contribution in [1.82, 2.24) is 0 Å². The van der Waals surface area contributed by atoms with Gasteiger partial charge in [-0.3, -0.25) is 4.99 Å². The number of hydrogen-bond acceptors (Lipinski definition) is 3. The summed E-state index contributed by atoms with van der Waals surface area (Å²) in [5.74, 6) is 0.104. The smallest absolute Gasteiger partial charge is 0.0654 e. The number of aryl methyl sites for hydroxylation is 1. The molecule has 0 N–H and O–H groups in total. The molecule has 0 fully saturated rings. The molecule has 0 aromatic heterocycles. The van der Waals surface area contributed by atoms with E-state index in [1.165, 1.54) is 61.5 Å². The van der Waals surface area contributed by atoms with Crippen molar-refractivity contribution in [2.24, 2.45) is 4.99 Å². The number of anilines is 2. The summed E-state index contributed by atoms with van der Waals surface area (Å²) >= 11 is 0. The molecule has 0 radical (unpaired) electrons. The van der Waals surface area contributed by atoms with Crippen LogP contribution in [0.1, 0.15) is 76.0 Å². The van der Waals surface area contributed by atoms with Crippen LogP contribution >= 0.6 is 0 Å². The summed E-state index contributed by atoms with van der Waals surface area (Å²) in [6.07, 6.45) is 28.5. The van der Waals surface area contributed by atoms with Crippen LogP contribution in [0, 0.1) is 0 Å². The summed E-state index contributed by atoms with van der Waals surface area (Å²) in [7, 11) is 0. The molecule has 0 amide bonds. The van der Waals surface area contributed by atoms with Crippen molar-refractivity contribution in [3.8, 4) is 22.3 Å². The summed E-state index contributed by atoms with van der Waals surface area (Å²) in [5, 5.41) is 0. The molecule has 69 heavy (non-hydrogen) atoms. The molecule has 0 saturated carbocycles. The van der Waals surface area contributed by atoms with E-state index in [2.05, 4.69) is 266 Å². The fraction of sp³-hybridized carbons (Fsp3) is 0.152. The van der Waals surface area contributed by atoms with Gasteiger partial charge in [0.25, 0.3) is 0 Å². The fourth-order valence-electron chi connectivity index (χ4n) is 9.37. The maximum Gasteiger partial charge on any atom is 0.0654 e. The standard InChI is InChI=1S/C66H63N3/c1-6-26-64(67-8-3)53(7-2)31-23-21-27-50(4)68(61-44-41-56(42-45-61)54-32-15-10-16-33-54)59-38-25-39-60(47-46-59)69-65-48-43-58(55-34-17-11-18-35-55)49-63(65)51(5)66(69)62(57-36-19-12-20-37-57)40-24-22-30-52-28-13-9-14-29-52/h6,8-20,24,26-29,31-49,51H,3,7,21-23,30H2,1-2,4-5H3/b26-6-,40-24-,50-27?,53-31+,66-62-,67-64?. The van der Waals surface area contributed by atoms with Crippen LogP contribution in [-0.2, 0) is 6.42 Å². The Morgan fingerprint density at radius 3 is 1.99 bits per heavy atom. The molecule has 342 valence electrons. The Hall–Kier alpha value is -7.97. The monoisotopic (exact) mass is 898 g/mol. The van der Waals surface area contributed by atoms with Crippen LogP contribution in [-0.4, -0.2) is 5.71 Å². The summed E-state index contributed by atoms with van der Waals surface area (Å²) in [6.45, 7) is 12.6. The molecule has 6 aromatic carbocycles. The van der Waals surface area contributed by atoms with E-state index in [0.29, 0.717) is 0 Å². The highest BCUT2D eigenvalue weighted by Gasteiger charge is 2.35. The first-order valence-corrected chi connectivity index (χ1v) is 24.4. The van der Waals surface area contributed by atoms with Crippen molar-refractivity contribution in [3.63, 3.8) is 0 Å². The summed E-state index contributed by atoms with van der Waals surface area (Å²) in [5.41, 5.74) is 22.5. The highest BCUT2D eigenvalue weighted by molar-refractivity contribution is 6.08. The van der Waals surface area contributed by atoms with E-state index < -0.39 is 0 Å². The third kappa shape index (κ3) is 11.6. The predicted octanol–water partition coefficient (Wildman–Crippen LogP) is 17.7. The largest absolute Gasteiger partial charge is 0.314 e. The highest BCUT2D eigenvalue weighted by Crippen LogP contribution is 2.50. The Bertz CT molecular complexity index is 3020. The average molecular weight is 898 g/mol. The third-order valence-electron chi connectivity index (χ3n) is 12.8. The lowest BCUT2D eigenvalue weighted by Gasteiger charge is -2.27. The van der Waals surface area contributed by atoms with Crippen molar-refractivity contribution in [3.05, 3.63) is 288 Å². The first-order valence-electron chi connectivity index (χ1n) is 24.4. The maximum atomic E-state index is 4.56. The molecule has 0 bridgehead atoms. The van der Waals surface area contributed by atoms with E-state index in [-0.39, 0.29) is 5.92 Å². The predicted molar refractivity (Wildman–Crippen MR) is 297 cm³/mol. The molecular weight excluding hydrogens is 835 g/mol. The van der Waals surface area contributed by atoms with Gasteiger partial charge in [-0.15, -0.1) is 5.73 Å². The molecule has 8 rings (SSSR count). The topological polar surface area (TPSA) is 18.8 Å². The molecule has 2 aliphatic rings. The van der Waals surface area contributed by atoms with Crippen LogP contribution in [0.25, 0.3) is 27.8 Å². The van der Waals surface area contributed by atoms with Gasteiger partial charge >= 0.3 is 0 Å². The first kappa shape index (κ1) is 47.5. The summed E-state index contributed by atoms with van der Waals surface area (Å²) < 4.78 is 0. The van der Waals surface area contributed by atoms with E-state index in [4.69, 9.17) is 0 Å². The molecule has 1 unspecified atom stereocenters. The van der Waals surface area contributed by atoms with Gasteiger partial charge in [0, 0.05) is 52.6 Å². The molecule has 6 aromatic rings. The van der Waals surface area contributed by atoms with Gasteiger partial charge < -0.3 is 9.80 Å². The van der Waals surface area contributed by atoms with Gasteiger partial charge in [0.05, 0.1) is 17.1 Å². The minimum absolute atomic E-state index is 0.104. The van der Waals surface area contributed by atoms with Gasteiger partial charge in [-0.1, -0.05) is 190 Å². The minimum Gasteiger partial charge on any atom is -0.314 e. The Balaban J connectivity index is 1.22. The minimum atomic E-state index is 0.104. The Morgan fingerprint density at radius 2 is 1.32 bits per heavy atom. The van der Waals surface area contributed by atoms with Crippen molar-refractivity contribution < 1.29 is 0 Å². The van der Waals surface area contributed by atoms with E-state index in [1.54, 1.807) is 6.20 Å². The van der Waals surface area contributed by atoms with Crippen LogP contribution in [0.4, 0.5) is 11.4 Å². The third-order valence-corrected chi connectivity index (χ3v) is 12.8. The zero-order valence-electron chi connectivity index (χ0n) is 40.6. The molecule has 3 nitrogen and oxygen atoms in total. The van der Waals surface area contributed by atoms with E-state index >= 15 is 0 Å². The van der Waals surface area contributed by atoms with E-state index in [1.807, 2.05) is 13.0 Å². The SMILES string of the molecule is C=CN=C(/C=C\C)/C(=C/CCC=C(C)N(C1=CC=C(N2/C(=C(/C=C\CCc3ccccc3)c3ccccc3)C(C)c3cc(-c4ccccc4)ccc32)C=C=C1)c1ccc(-c2ccccc2)cc1)CC. The molecule has 1 atom stereocenters. The number of unbranched alkanes of at least 4 members (excludes halogenated alkanes) is 1. The normalized spacial score (nSPS) is 15.9. The number of nitrogens with zero attached hydrogens (tertiary/aromatic N) is 3. The van der Waals surface area contributed by atoms with Gasteiger partial charge in [-0.2, -0.15) is 0 Å². The van der Waals surface area contributed by atoms with Crippen LogP contribution in [0.3, 0.4) is 0 Å². The molecular formula is C66H63N3. The maximum absolute atomic E-state index is 4.56. The average Bonchev–Trinajstić information content (AvgIpc) is 3.50. The molecule has 0 saturated heterocycles. The van der Waals surface area contributed by atoms with Gasteiger partial charge in [-0.25, -0.2) is 0 Å². The van der Waals surface area contributed by atoms with Crippen LogP contribution in [0.2, 0.25) is 0 Å². The Labute approximate surface area is 411 Å². The van der Waals surface area contributed by atoms with Crippen molar-refractivity contribution in [2.45, 2.75) is 65.7 Å². The number of aliphatic imine (C=N–C) groups is 1. The molecule has 1 heterocycles. The summed E-state index contributed by atoms with van der Waals surface area (Å²) in [4.78, 5) is 9.40. The molecule has 1 aliphatic carbocycles. The first-order chi connectivity index (χ1) is 34.0. The van der Waals surface area contributed by atoms with Gasteiger partial charge in [0.1, 0.15) is 0 Å². The van der Waals surface area contributed by atoms with Crippen molar-refractivity contribution in [2.75, 3.05) is 9.80 Å². The lowest BCUT2D eigenvalue weighted by molar-refractivity contribution is 0.915. The van der Waals surface area contributed by atoms with E-state index in [0.717, 1.165) is 60.6 Å². The quantitative estimate of drug-likeness (QED) is 0.0486. The van der Waals surface area contributed by atoms with Crippen molar-refractivity contribution in [1.29, 1.82) is 0 Å². The van der Waals surface area contributed by atoms with E-state index in [9.17, 15) is 0 Å². The number of fused-ring (bicyclic) bond motifs is 1.